The summed E-state index contributed by atoms with van der Waals surface area (Å²) in [7, 11) is 0. The molecule has 0 saturated carbocycles. The molecule has 0 atom stereocenters. The van der Waals surface area contributed by atoms with E-state index in [0.717, 1.165) is 42.8 Å². The van der Waals surface area contributed by atoms with Gasteiger partial charge in [0.05, 0.1) is 11.9 Å². The number of piperidine rings is 1. The topological polar surface area (TPSA) is 83.4 Å². The van der Waals surface area contributed by atoms with Gasteiger partial charge in [0.1, 0.15) is 5.69 Å². The van der Waals surface area contributed by atoms with Crippen LogP contribution >= 0.6 is 0 Å². The number of hydrogen-bond acceptors (Lipinski definition) is 6. The molecule has 3 heterocycles. The predicted molar refractivity (Wildman–Crippen MR) is 113 cm³/mol. The Labute approximate surface area is 169 Å². The van der Waals surface area contributed by atoms with Crippen molar-refractivity contribution in [1.82, 2.24) is 20.4 Å². The molecule has 29 heavy (non-hydrogen) atoms. The molecule has 0 bridgehead atoms. The summed E-state index contributed by atoms with van der Waals surface area (Å²) in [5, 5.41) is 4.04. The molecule has 1 amide bonds. The minimum Gasteiger partial charge on any atom is -0.341 e. The summed E-state index contributed by atoms with van der Waals surface area (Å²) in [5.41, 5.74) is 5.38. The van der Waals surface area contributed by atoms with E-state index in [9.17, 15) is 4.79 Å². The Morgan fingerprint density at radius 1 is 1.00 bits per heavy atom. The maximum Gasteiger partial charge on any atom is 0.290 e. The molecule has 146 valence electrons. The summed E-state index contributed by atoms with van der Waals surface area (Å²) in [6.07, 6.45) is 8.35. The third-order valence-corrected chi connectivity index (χ3v) is 4.74. The molecule has 1 saturated heterocycles. The lowest BCUT2D eigenvalue weighted by atomic mass is 10.1. The highest BCUT2D eigenvalue weighted by molar-refractivity contribution is 5.94. The molecule has 0 unspecified atom stereocenters. The van der Waals surface area contributed by atoms with E-state index < -0.39 is 0 Å². The number of amides is 1. The molecule has 1 N–H and O–H groups in total. The number of hydrogen-bond donors (Lipinski definition) is 1. The molecule has 0 aliphatic carbocycles. The van der Waals surface area contributed by atoms with Crippen LogP contribution in [0.2, 0.25) is 0 Å². The summed E-state index contributed by atoms with van der Waals surface area (Å²) in [6.45, 7) is 1.80. The van der Waals surface area contributed by atoms with Crippen LogP contribution in [0.4, 0.5) is 5.95 Å². The molecule has 3 aromatic rings. The van der Waals surface area contributed by atoms with Crippen LogP contribution in [-0.2, 0) is 0 Å². The Morgan fingerprint density at radius 3 is 2.52 bits per heavy atom. The van der Waals surface area contributed by atoms with Crippen LogP contribution in [0.25, 0.3) is 11.3 Å². The summed E-state index contributed by atoms with van der Waals surface area (Å²) < 4.78 is 0. The second-order valence-corrected chi connectivity index (χ2v) is 6.83. The monoisotopic (exact) mass is 386 g/mol. The van der Waals surface area contributed by atoms with E-state index in [-0.39, 0.29) is 5.91 Å². The number of nitrogens with zero attached hydrogens (tertiary/aromatic N) is 5. The Hall–Kier alpha value is -3.61. The minimum atomic E-state index is -0.367. The Bertz CT molecular complexity index is 985. The number of carbonyl (C=O) groups excluding carboxylic acids is 1. The molecule has 0 spiro atoms. The van der Waals surface area contributed by atoms with E-state index in [0.29, 0.717) is 11.6 Å². The van der Waals surface area contributed by atoms with Crippen molar-refractivity contribution < 1.29 is 4.79 Å². The average Bonchev–Trinajstić information content (AvgIpc) is 2.80. The first-order chi connectivity index (χ1) is 14.3. The molecule has 7 heteroatoms. The zero-order valence-corrected chi connectivity index (χ0v) is 16.0. The summed E-state index contributed by atoms with van der Waals surface area (Å²) >= 11 is 0. The van der Waals surface area contributed by atoms with Gasteiger partial charge in [-0.05, 0) is 43.0 Å². The SMILES string of the molecule is O=C(N/N=C/c1ccncc1)c1cc(-c2ccccc2)nc(N2CCCCC2)n1. The number of benzene rings is 1. The minimum absolute atomic E-state index is 0.298. The lowest BCUT2D eigenvalue weighted by Gasteiger charge is -2.27. The lowest BCUT2D eigenvalue weighted by molar-refractivity contribution is 0.0950. The first-order valence-corrected chi connectivity index (χ1v) is 9.72. The molecule has 1 aliphatic rings. The summed E-state index contributed by atoms with van der Waals surface area (Å²) in [6, 6.07) is 15.1. The van der Waals surface area contributed by atoms with Crippen LogP contribution in [0.15, 0.2) is 66.0 Å². The van der Waals surface area contributed by atoms with Crippen LogP contribution in [0, 0.1) is 0 Å². The number of rotatable bonds is 5. The van der Waals surface area contributed by atoms with Crippen molar-refractivity contribution in [2.24, 2.45) is 5.10 Å². The van der Waals surface area contributed by atoms with Gasteiger partial charge in [-0.3, -0.25) is 9.78 Å². The molecule has 1 aliphatic heterocycles. The quantitative estimate of drug-likeness (QED) is 0.537. The second kappa shape index (κ2) is 9.05. The van der Waals surface area contributed by atoms with Crippen LogP contribution < -0.4 is 10.3 Å². The molecule has 7 nitrogen and oxygen atoms in total. The maximum atomic E-state index is 12.7. The smallest absolute Gasteiger partial charge is 0.290 e. The van der Waals surface area contributed by atoms with Crippen molar-refractivity contribution in [2.75, 3.05) is 18.0 Å². The normalized spacial score (nSPS) is 14.1. The van der Waals surface area contributed by atoms with Gasteiger partial charge in [0.25, 0.3) is 5.91 Å². The molecule has 2 aromatic heterocycles. The fraction of sp³-hybridized carbons (Fsp3) is 0.227. The van der Waals surface area contributed by atoms with Gasteiger partial charge in [0.2, 0.25) is 5.95 Å². The third-order valence-electron chi connectivity index (χ3n) is 4.74. The van der Waals surface area contributed by atoms with Crippen molar-refractivity contribution in [3.05, 3.63) is 72.2 Å². The average molecular weight is 386 g/mol. The highest BCUT2D eigenvalue weighted by atomic mass is 16.2. The number of aromatic nitrogens is 3. The number of anilines is 1. The molecule has 1 fully saturated rings. The van der Waals surface area contributed by atoms with Crippen LogP contribution in [-0.4, -0.2) is 40.2 Å². The first kappa shape index (κ1) is 18.7. The predicted octanol–water partition coefficient (Wildman–Crippen LogP) is 3.29. The van der Waals surface area contributed by atoms with E-state index in [1.807, 2.05) is 42.5 Å². The van der Waals surface area contributed by atoms with E-state index in [1.54, 1.807) is 24.7 Å². The van der Waals surface area contributed by atoms with Crippen LogP contribution in [0.3, 0.4) is 0 Å². The van der Waals surface area contributed by atoms with Crippen LogP contribution in [0.5, 0.6) is 0 Å². The van der Waals surface area contributed by atoms with Gasteiger partial charge in [-0.2, -0.15) is 5.10 Å². The van der Waals surface area contributed by atoms with Gasteiger partial charge in [-0.1, -0.05) is 30.3 Å². The molecular formula is C22H22N6O. The van der Waals surface area contributed by atoms with Crippen molar-refractivity contribution in [3.63, 3.8) is 0 Å². The second-order valence-electron chi connectivity index (χ2n) is 6.83. The molecular weight excluding hydrogens is 364 g/mol. The number of carbonyl (C=O) groups is 1. The summed E-state index contributed by atoms with van der Waals surface area (Å²) in [5.74, 6) is 0.225. The van der Waals surface area contributed by atoms with E-state index in [1.165, 1.54) is 6.42 Å². The zero-order chi connectivity index (χ0) is 19.9. The highest BCUT2D eigenvalue weighted by Crippen LogP contribution is 2.22. The van der Waals surface area contributed by atoms with Gasteiger partial charge in [-0.15, -0.1) is 0 Å². The Kier molecular flexibility index (Phi) is 5.85. The highest BCUT2D eigenvalue weighted by Gasteiger charge is 2.18. The van der Waals surface area contributed by atoms with E-state index in [2.05, 4.69) is 25.4 Å². The zero-order valence-electron chi connectivity index (χ0n) is 16.0. The summed E-state index contributed by atoms with van der Waals surface area (Å²) in [4.78, 5) is 28.1. The van der Waals surface area contributed by atoms with Crippen molar-refractivity contribution in [3.8, 4) is 11.3 Å². The molecule has 4 rings (SSSR count). The first-order valence-electron chi connectivity index (χ1n) is 9.72. The van der Waals surface area contributed by atoms with Crippen molar-refractivity contribution in [2.45, 2.75) is 19.3 Å². The van der Waals surface area contributed by atoms with Crippen molar-refractivity contribution in [1.29, 1.82) is 0 Å². The van der Waals surface area contributed by atoms with E-state index >= 15 is 0 Å². The Morgan fingerprint density at radius 2 is 1.76 bits per heavy atom. The fourth-order valence-corrected chi connectivity index (χ4v) is 3.22. The number of pyridine rings is 1. The van der Waals surface area contributed by atoms with Crippen LogP contribution in [0.1, 0.15) is 35.3 Å². The van der Waals surface area contributed by atoms with Gasteiger partial charge in [-0.25, -0.2) is 15.4 Å². The third kappa shape index (κ3) is 4.82. The lowest BCUT2D eigenvalue weighted by Crippen LogP contribution is -2.32. The number of nitrogens with one attached hydrogen (secondary N) is 1. The maximum absolute atomic E-state index is 12.7. The fourth-order valence-electron chi connectivity index (χ4n) is 3.22. The van der Waals surface area contributed by atoms with E-state index in [4.69, 9.17) is 4.98 Å². The van der Waals surface area contributed by atoms with Gasteiger partial charge in [0.15, 0.2) is 0 Å². The molecule has 1 aromatic carbocycles. The van der Waals surface area contributed by atoms with Gasteiger partial charge in [0, 0.05) is 31.0 Å². The standard InChI is InChI=1S/C22H22N6O/c29-21(27-24-16-17-9-11-23-12-10-17)20-15-19(18-7-3-1-4-8-18)25-22(26-20)28-13-5-2-6-14-28/h1,3-4,7-12,15-16H,2,5-6,13-14H2,(H,27,29)/b24-16+. The Balaban J connectivity index is 1.60. The largest absolute Gasteiger partial charge is 0.341 e. The molecule has 0 radical (unpaired) electrons. The van der Waals surface area contributed by atoms with Gasteiger partial charge < -0.3 is 4.90 Å². The number of hydrazone groups is 1. The van der Waals surface area contributed by atoms with Crippen molar-refractivity contribution >= 4 is 18.1 Å². The van der Waals surface area contributed by atoms with Gasteiger partial charge >= 0.3 is 0 Å².